The van der Waals surface area contributed by atoms with Crippen molar-refractivity contribution in [3.05, 3.63) is 52.0 Å². The molecule has 1 aliphatic rings. The van der Waals surface area contributed by atoms with Gasteiger partial charge in [0.1, 0.15) is 0 Å². The van der Waals surface area contributed by atoms with Crippen molar-refractivity contribution in [2.45, 2.75) is 26.2 Å². The average Bonchev–Trinajstić information content (AvgIpc) is 2.59. The van der Waals surface area contributed by atoms with E-state index in [1.807, 2.05) is 24.0 Å². The molecule has 26 heavy (non-hydrogen) atoms. The molecule has 0 unspecified atom stereocenters. The van der Waals surface area contributed by atoms with E-state index in [1.165, 1.54) is 0 Å². The lowest BCUT2D eigenvalue weighted by Crippen LogP contribution is -2.35. The van der Waals surface area contributed by atoms with Gasteiger partial charge >= 0.3 is 6.03 Å². The van der Waals surface area contributed by atoms with Crippen LogP contribution in [0.15, 0.2) is 36.4 Å². The third-order valence-corrected chi connectivity index (χ3v) is 4.99. The topological polar surface area (TPSA) is 61.4 Å². The highest BCUT2D eigenvalue weighted by atomic mass is 35.5. The van der Waals surface area contributed by atoms with Gasteiger partial charge in [-0.1, -0.05) is 23.2 Å². The minimum Gasteiger partial charge on any atom is -0.312 e. The third kappa shape index (κ3) is 4.29. The van der Waals surface area contributed by atoms with E-state index in [9.17, 15) is 9.59 Å². The van der Waals surface area contributed by atoms with Crippen LogP contribution in [0.3, 0.4) is 0 Å². The first kappa shape index (κ1) is 18.5. The fraction of sp³-hybridized carbons (Fsp3) is 0.263. The number of nitrogens with zero attached hydrogens (tertiary/aromatic N) is 1. The summed E-state index contributed by atoms with van der Waals surface area (Å²) in [5.41, 5.74) is 3.02. The Bertz CT molecular complexity index is 855. The van der Waals surface area contributed by atoms with Gasteiger partial charge in [0.25, 0.3) is 0 Å². The maximum Gasteiger partial charge on any atom is 0.323 e. The summed E-state index contributed by atoms with van der Waals surface area (Å²) in [6, 6.07) is 10.00. The largest absolute Gasteiger partial charge is 0.323 e. The van der Waals surface area contributed by atoms with Gasteiger partial charge in [-0.2, -0.15) is 0 Å². The van der Waals surface area contributed by atoms with Crippen LogP contribution in [-0.4, -0.2) is 18.5 Å². The van der Waals surface area contributed by atoms with Crippen molar-refractivity contribution in [3.63, 3.8) is 0 Å². The van der Waals surface area contributed by atoms with Crippen LogP contribution in [0.1, 0.15) is 24.8 Å². The summed E-state index contributed by atoms with van der Waals surface area (Å²) in [5, 5.41) is 6.28. The molecule has 0 bridgehead atoms. The van der Waals surface area contributed by atoms with Gasteiger partial charge in [-0.05, 0) is 61.7 Å². The number of carbonyl (C=O) groups excluding carboxylic acids is 2. The first-order valence-corrected chi connectivity index (χ1v) is 9.14. The van der Waals surface area contributed by atoms with Gasteiger partial charge in [-0.25, -0.2) is 4.79 Å². The second-order valence-electron chi connectivity index (χ2n) is 6.21. The number of halogens is 2. The molecular weight excluding hydrogens is 373 g/mol. The maximum absolute atomic E-state index is 12.2. The number of piperidine rings is 1. The molecule has 1 aliphatic heterocycles. The van der Waals surface area contributed by atoms with Crippen molar-refractivity contribution < 1.29 is 9.59 Å². The fourth-order valence-electron chi connectivity index (χ4n) is 2.96. The molecule has 136 valence electrons. The van der Waals surface area contributed by atoms with E-state index < -0.39 is 0 Å². The first-order valence-electron chi connectivity index (χ1n) is 8.38. The maximum atomic E-state index is 12.2. The lowest BCUT2D eigenvalue weighted by molar-refractivity contribution is -0.119. The van der Waals surface area contributed by atoms with E-state index in [-0.39, 0.29) is 11.9 Å². The molecule has 1 heterocycles. The highest BCUT2D eigenvalue weighted by Crippen LogP contribution is 2.28. The molecule has 3 rings (SSSR count). The van der Waals surface area contributed by atoms with E-state index in [0.717, 1.165) is 30.6 Å². The number of urea groups is 1. The molecule has 3 amide bonds. The molecule has 5 nitrogen and oxygen atoms in total. The zero-order valence-corrected chi connectivity index (χ0v) is 15.8. The Labute approximate surface area is 162 Å². The van der Waals surface area contributed by atoms with Crippen molar-refractivity contribution in [1.29, 1.82) is 0 Å². The normalized spacial score (nSPS) is 14.3. The predicted octanol–water partition coefficient (Wildman–Crippen LogP) is 5.46. The summed E-state index contributed by atoms with van der Waals surface area (Å²) in [5.74, 6) is 0.150. The summed E-state index contributed by atoms with van der Waals surface area (Å²) in [7, 11) is 0. The lowest BCUT2D eigenvalue weighted by atomic mass is 10.1. The molecule has 2 N–H and O–H groups in total. The fourth-order valence-corrected chi connectivity index (χ4v) is 3.26. The van der Waals surface area contributed by atoms with Gasteiger partial charge in [0.15, 0.2) is 0 Å². The van der Waals surface area contributed by atoms with Crippen LogP contribution >= 0.6 is 23.2 Å². The second-order valence-corrected chi connectivity index (χ2v) is 7.03. The number of aryl methyl sites for hydroxylation is 1. The lowest BCUT2D eigenvalue weighted by Gasteiger charge is -2.28. The van der Waals surface area contributed by atoms with E-state index in [1.54, 1.807) is 24.3 Å². The summed E-state index contributed by atoms with van der Waals surface area (Å²) in [6.07, 6.45) is 2.55. The zero-order valence-electron chi connectivity index (χ0n) is 14.3. The number of hydrogen-bond acceptors (Lipinski definition) is 2. The van der Waals surface area contributed by atoms with E-state index >= 15 is 0 Å². The minimum absolute atomic E-state index is 0.150. The number of nitrogens with one attached hydrogen (secondary N) is 2. The van der Waals surface area contributed by atoms with E-state index in [0.29, 0.717) is 27.8 Å². The molecule has 1 saturated heterocycles. The molecule has 0 aliphatic carbocycles. The van der Waals surface area contributed by atoms with Gasteiger partial charge in [0.2, 0.25) is 5.91 Å². The van der Waals surface area contributed by atoms with Crippen LogP contribution in [-0.2, 0) is 4.79 Å². The van der Waals surface area contributed by atoms with Crippen LogP contribution in [0.25, 0.3) is 0 Å². The number of rotatable bonds is 3. The Morgan fingerprint density at radius 1 is 1.00 bits per heavy atom. The van der Waals surface area contributed by atoms with Crippen LogP contribution in [0.2, 0.25) is 10.0 Å². The third-order valence-electron chi connectivity index (χ3n) is 4.25. The Balaban J connectivity index is 1.68. The Morgan fingerprint density at radius 2 is 1.69 bits per heavy atom. The summed E-state index contributed by atoms with van der Waals surface area (Å²) in [4.78, 5) is 26.1. The summed E-state index contributed by atoms with van der Waals surface area (Å²) < 4.78 is 0. The number of amides is 3. The summed E-state index contributed by atoms with van der Waals surface area (Å²) >= 11 is 11.8. The van der Waals surface area contributed by atoms with Gasteiger partial charge < -0.3 is 15.5 Å². The smallest absolute Gasteiger partial charge is 0.312 e. The Morgan fingerprint density at radius 3 is 2.35 bits per heavy atom. The monoisotopic (exact) mass is 391 g/mol. The highest BCUT2D eigenvalue weighted by molar-refractivity contribution is 6.42. The van der Waals surface area contributed by atoms with Gasteiger partial charge in [-0.3, -0.25) is 4.79 Å². The SMILES string of the molecule is Cc1cc(NC(=O)Nc2ccc(Cl)c(Cl)c2)ccc1N1CCCCC1=O. The summed E-state index contributed by atoms with van der Waals surface area (Å²) in [6.45, 7) is 2.67. The number of benzene rings is 2. The van der Waals surface area contributed by atoms with E-state index in [2.05, 4.69) is 10.6 Å². The number of hydrogen-bond donors (Lipinski definition) is 2. The Kier molecular flexibility index (Phi) is 5.69. The van der Waals surface area contributed by atoms with Crippen LogP contribution in [0, 0.1) is 6.92 Å². The zero-order chi connectivity index (χ0) is 18.7. The van der Waals surface area contributed by atoms with Crippen molar-refractivity contribution in [1.82, 2.24) is 0 Å². The van der Waals surface area contributed by atoms with E-state index in [4.69, 9.17) is 23.2 Å². The molecule has 0 saturated carbocycles. The molecule has 0 spiro atoms. The molecule has 1 fully saturated rings. The number of carbonyl (C=O) groups is 2. The van der Waals surface area contributed by atoms with Crippen LogP contribution < -0.4 is 15.5 Å². The predicted molar refractivity (Wildman–Crippen MR) is 106 cm³/mol. The molecule has 0 aromatic heterocycles. The van der Waals surface area contributed by atoms with Crippen molar-refractivity contribution in [3.8, 4) is 0 Å². The van der Waals surface area contributed by atoms with Gasteiger partial charge in [0, 0.05) is 30.0 Å². The van der Waals surface area contributed by atoms with Crippen LogP contribution in [0.4, 0.5) is 21.9 Å². The molecule has 2 aromatic carbocycles. The van der Waals surface area contributed by atoms with Crippen LogP contribution in [0.5, 0.6) is 0 Å². The minimum atomic E-state index is -0.385. The highest BCUT2D eigenvalue weighted by Gasteiger charge is 2.21. The van der Waals surface area contributed by atoms with Crippen molar-refractivity contribution in [2.75, 3.05) is 22.1 Å². The molecule has 2 aromatic rings. The van der Waals surface area contributed by atoms with Crippen molar-refractivity contribution >= 4 is 52.2 Å². The quantitative estimate of drug-likeness (QED) is 0.728. The molecular formula is C19H19Cl2N3O2. The number of anilines is 3. The first-order chi connectivity index (χ1) is 12.4. The molecule has 7 heteroatoms. The Hall–Kier alpha value is -2.24. The van der Waals surface area contributed by atoms with Gasteiger partial charge in [-0.15, -0.1) is 0 Å². The molecule has 0 radical (unpaired) electrons. The second kappa shape index (κ2) is 7.98. The average molecular weight is 392 g/mol. The standard InChI is InChI=1S/C19H19Cl2N3O2/c1-12-10-13(6-8-17(12)24-9-3-2-4-18(24)25)22-19(26)23-14-5-7-15(20)16(21)11-14/h5-8,10-11H,2-4,9H2,1H3,(H2,22,23,26). The molecule has 0 atom stereocenters. The van der Waals surface area contributed by atoms with Crippen molar-refractivity contribution in [2.24, 2.45) is 0 Å². The van der Waals surface area contributed by atoms with Gasteiger partial charge in [0.05, 0.1) is 10.0 Å².